The first kappa shape index (κ1) is 25.8. The van der Waals surface area contributed by atoms with Crippen molar-refractivity contribution in [2.75, 3.05) is 23.1 Å². The van der Waals surface area contributed by atoms with E-state index in [0.29, 0.717) is 11.4 Å². The normalized spacial score (nSPS) is 14.5. The smallest absolute Gasteiger partial charge is 0.497 e. The van der Waals surface area contributed by atoms with Crippen molar-refractivity contribution >= 4 is 46.2 Å². The Morgan fingerprint density at radius 3 is 2.38 bits per heavy atom. The first-order chi connectivity index (χ1) is 17.7. The Morgan fingerprint density at radius 1 is 1.03 bits per heavy atom. The Bertz CT molecular complexity index is 1340. The number of rotatable bonds is 7. The summed E-state index contributed by atoms with van der Waals surface area (Å²) in [7, 11) is 1.55. The van der Waals surface area contributed by atoms with Crippen LogP contribution in [0.1, 0.15) is 5.56 Å². The highest BCUT2D eigenvalue weighted by atomic mass is 32.2. The number of alkyl halides is 3. The van der Waals surface area contributed by atoms with E-state index < -0.39 is 18.0 Å². The van der Waals surface area contributed by atoms with E-state index in [0.717, 1.165) is 23.4 Å². The molecule has 1 heterocycles. The van der Waals surface area contributed by atoms with Crippen molar-refractivity contribution in [1.82, 2.24) is 0 Å². The quantitative estimate of drug-likeness (QED) is 0.398. The van der Waals surface area contributed by atoms with Crippen LogP contribution in [0.15, 0.2) is 89.6 Å². The third-order valence-electron chi connectivity index (χ3n) is 4.98. The van der Waals surface area contributed by atoms with Crippen LogP contribution >= 0.6 is 11.8 Å². The Hall–Kier alpha value is -4.25. The van der Waals surface area contributed by atoms with Gasteiger partial charge in [-0.1, -0.05) is 54.2 Å². The SMILES string of the molecule is COc1ccc(/C=C2/N=C(SCC(=O)Nc3ccccc3OC(F)(F)F)N(c3ccccc3)C2=O)cc1. The maximum Gasteiger partial charge on any atom is 0.573 e. The third-order valence-corrected chi connectivity index (χ3v) is 5.92. The number of para-hydroxylation sites is 3. The van der Waals surface area contributed by atoms with Crippen molar-refractivity contribution in [2.24, 2.45) is 4.99 Å². The topological polar surface area (TPSA) is 80.2 Å². The molecule has 0 fully saturated rings. The van der Waals surface area contributed by atoms with Gasteiger partial charge in [0.2, 0.25) is 5.91 Å². The summed E-state index contributed by atoms with van der Waals surface area (Å²) in [4.78, 5) is 31.7. The van der Waals surface area contributed by atoms with Gasteiger partial charge in [0.05, 0.1) is 24.2 Å². The Morgan fingerprint density at radius 2 is 1.70 bits per heavy atom. The minimum Gasteiger partial charge on any atom is -0.497 e. The van der Waals surface area contributed by atoms with Gasteiger partial charge in [-0.15, -0.1) is 13.2 Å². The van der Waals surface area contributed by atoms with E-state index in [9.17, 15) is 22.8 Å². The van der Waals surface area contributed by atoms with E-state index >= 15 is 0 Å². The second-order valence-corrected chi connectivity index (χ2v) is 8.50. The second-order valence-electron chi connectivity index (χ2n) is 7.55. The molecule has 4 rings (SSSR count). The van der Waals surface area contributed by atoms with Gasteiger partial charge in [0.1, 0.15) is 11.4 Å². The number of carbonyl (C=O) groups excluding carboxylic acids is 2. The molecule has 190 valence electrons. The molecule has 0 saturated heterocycles. The van der Waals surface area contributed by atoms with Gasteiger partial charge in [-0.2, -0.15) is 0 Å². The van der Waals surface area contributed by atoms with Crippen LogP contribution in [-0.4, -0.2) is 36.2 Å². The summed E-state index contributed by atoms with van der Waals surface area (Å²) in [5.74, 6) is -1.06. The monoisotopic (exact) mass is 527 g/mol. The maximum atomic E-state index is 13.2. The van der Waals surface area contributed by atoms with E-state index in [1.54, 1.807) is 67.8 Å². The standard InChI is InChI=1S/C26H20F3N3O4S/c1-35-19-13-11-17(12-14-19)15-21-24(34)32(18-7-3-2-4-8-18)25(31-21)37-16-23(33)30-20-9-5-6-10-22(20)36-26(27,28)29/h2-15H,16H2,1H3,(H,30,33)/b21-15+. The summed E-state index contributed by atoms with van der Waals surface area (Å²) < 4.78 is 47.2. The maximum absolute atomic E-state index is 13.2. The predicted octanol–water partition coefficient (Wildman–Crippen LogP) is 5.71. The molecule has 3 aromatic rings. The Balaban J connectivity index is 1.53. The Labute approximate surface area is 214 Å². The molecule has 0 atom stereocenters. The summed E-state index contributed by atoms with van der Waals surface area (Å²) in [5.41, 5.74) is 1.32. The minimum atomic E-state index is -4.91. The van der Waals surface area contributed by atoms with Gasteiger partial charge in [-0.05, 0) is 48.0 Å². The number of anilines is 2. The van der Waals surface area contributed by atoms with Gasteiger partial charge in [0, 0.05) is 0 Å². The number of halogens is 3. The highest BCUT2D eigenvalue weighted by Gasteiger charge is 2.33. The lowest BCUT2D eigenvalue weighted by Crippen LogP contribution is -2.31. The number of hydrogen-bond donors (Lipinski definition) is 1. The number of ether oxygens (including phenoxy) is 2. The highest BCUT2D eigenvalue weighted by Crippen LogP contribution is 2.32. The molecule has 0 aromatic heterocycles. The number of carbonyl (C=O) groups is 2. The van der Waals surface area contributed by atoms with Crippen molar-refractivity contribution in [3.8, 4) is 11.5 Å². The van der Waals surface area contributed by atoms with Gasteiger partial charge in [0.25, 0.3) is 5.91 Å². The fourth-order valence-corrected chi connectivity index (χ4v) is 4.17. The van der Waals surface area contributed by atoms with Crippen molar-refractivity contribution < 1.29 is 32.2 Å². The third kappa shape index (κ3) is 6.70. The van der Waals surface area contributed by atoms with Crippen LogP contribution in [0.5, 0.6) is 11.5 Å². The van der Waals surface area contributed by atoms with Crippen LogP contribution in [-0.2, 0) is 9.59 Å². The molecular formula is C26H20F3N3O4S. The molecule has 0 radical (unpaired) electrons. The predicted molar refractivity (Wildman–Crippen MR) is 137 cm³/mol. The fourth-order valence-electron chi connectivity index (χ4n) is 3.36. The lowest BCUT2D eigenvalue weighted by Gasteiger charge is -2.18. The van der Waals surface area contributed by atoms with E-state index in [-0.39, 0.29) is 28.2 Å². The summed E-state index contributed by atoms with van der Waals surface area (Å²) in [6, 6.07) is 21.1. The van der Waals surface area contributed by atoms with Crippen LogP contribution < -0.4 is 19.7 Å². The zero-order chi connectivity index (χ0) is 26.4. The average Bonchev–Trinajstić information content (AvgIpc) is 3.18. The molecule has 37 heavy (non-hydrogen) atoms. The molecule has 0 bridgehead atoms. The fraction of sp³-hybridized carbons (Fsp3) is 0.115. The lowest BCUT2D eigenvalue weighted by atomic mass is 10.2. The molecule has 1 aliphatic heterocycles. The molecule has 0 unspecified atom stereocenters. The van der Waals surface area contributed by atoms with Crippen LogP contribution in [0.3, 0.4) is 0 Å². The van der Waals surface area contributed by atoms with Gasteiger partial charge < -0.3 is 14.8 Å². The van der Waals surface area contributed by atoms with Crippen LogP contribution in [0.25, 0.3) is 6.08 Å². The number of amides is 2. The number of nitrogens with one attached hydrogen (secondary N) is 1. The second kappa shape index (κ2) is 11.2. The zero-order valence-corrected chi connectivity index (χ0v) is 20.2. The number of hydrogen-bond acceptors (Lipinski definition) is 6. The minimum absolute atomic E-state index is 0.130. The van der Waals surface area contributed by atoms with Crippen molar-refractivity contribution in [1.29, 1.82) is 0 Å². The van der Waals surface area contributed by atoms with Gasteiger partial charge in [-0.25, -0.2) is 4.99 Å². The van der Waals surface area contributed by atoms with Gasteiger partial charge in [0.15, 0.2) is 10.9 Å². The molecule has 0 aliphatic carbocycles. The molecule has 1 N–H and O–H groups in total. The van der Waals surface area contributed by atoms with Crippen molar-refractivity contribution in [3.63, 3.8) is 0 Å². The van der Waals surface area contributed by atoms with Gasteiger partial charge in [-0.3, -0.25) is 14.5 Å². The zero-order valence-electron chi connectivity index (χ0n) is 19.4. The van der Waals surface area contributed by atoms with Gasteiger partial charge >= 0.3 is 6.36 Å². The molecule has 0 spiro atoms. The first-order valence-corrected chi connectivity index (χ1v) is 11.8. The number of thioether (sulfide) groups is 1. The highest BCUT2D eigenvalue weighted by molar-refractivity contribution is 8.14. The molecule has 11 heteroatoms. The first-order valence-electron chi connectivity index (χ1n) is 10.8. The lowest BCUT2D eigenvalue weighted by molar-refractivity contribution is -0.274. The van der Waals surface area contributed by atoms with Crippen LogP contribution in [0.2, 0.25) is 0 Å². The van der Waals surface area contributed by atoms with E-state index in [2.05, 4.69) is 15.0 Å². The molecule has 2 amide bonds. The Kier molecular flexibility index (Phi) is 7.83. The molecule has 0 saturated carbocycles. The number of methoxy groups -OCH3 is 1. The number of nitrogens with zero attached hydrogens (tertiary/aromatic N) is 2. The number of amidine groups is 1. The van der Waals surface area contributed by atoms with E-state index in [1.807, 2.05) is 0 Å². The molecule has 7 nitrogen and oxygen atoms in total. The van der Waals surface area contributed by atoms with E-state index in [1.165, 1.54) is 23.1 Å². The summed E-state index contributed by atoms with van der Waals surface area (Å²) in [6.07, 6.45) is -3.28. The number of benzene rings is 3. The molecular weight excluding hydrogens is 507 g/mol. The van der Waals surface area contributed by atoms with Crippen molar-refractivity contribution in [3.05, 3.63) is 90.1 Å². The van der Waals surface area contributed by atoms with Crippen LogP contribution in [0.4, 0.5) is 24.5 Å². The largest absolute Gasteiger partial charge is 0.573 e. The number of aliphatic imine (C=N–C) groups is 1. The van der Waals surface area contributed by atoms with Crippen LogP contribution in [0, 0.1) is 0 Å². The molecule has 3 aromatic carbocycles. The summed E-state index contributed by atoms with van der Waals surface area (Å²) in [5, 5.41) is 2.67. The van der Waals surface area contributed by atoms with Crippen molar-refractivity contribution in [2.45, 2.75) is 6.36 Å². The molecule has 1 aliphatic rings. The van der Waals surface area contributed by atoms with E-state index in [4.69, 9.17) is 4.74 Å². The summed E-state index contributed by atoms with van der Waals surface area (Å²) in [6.45, 7) is 0. The summed E-state index contributed by atoms with van der Waals surface area (Å²) >= 11 is 0.977. The average molecular weight is 528 g/mol.